The molecule has 0 saturated carbocycles. The van der Waals surface area contributed by atoms with Crippen LogP contribution in [0.4, 0.5) is 5.69 Å². The number of hydrogen-bond donors (Lipinski definition) is 1. The highest BCUT2D eigenvalue weighted by molar-refractivity contribution is 5.59. The molecular weight excluding hydrogens is 250 g/mol. The first-order chi connectivity index (χ1) is 9.93. The van der Waals surface area contributed by atoms with Crippen LogP contribution in [0.3, 0.4) is 0 Å². The molecule has 1 aliphatic heterocycles. The summed E-state index contributed by atoms with van der Waals surface area (Å²) in [6.07, 6.45) is 2.24. The molecule has 0 saturated heterocycles. The van der Waals surface area contributed by atoms with E-state index < -0.39 is 0 Å². The standard InChI is InChI=1S/C17H19NO2/c1-2-6-14(7-3-1)19-12-13-20-17-10-4-9-16-15(17)8-5-11-18-16/h1-4,6-7,9-10,18H,5,8,11-13H2. The van der Waals surface area contributed by atoms with Crippen molar-refractivity contribution < 1.29 is 9.47 Å². The number of nitrogens with one attached hydrogen (secondary N) is 1. The Morgan fingerprint density at radius 3 is 2.65 bits per heavy atom. The van der Waals surface area contributed by atoms with E-state index in [0.29, 0.717) is 13.2 Å². The lowest BCUT2D eigenvalue weighted by Gasteiger charge is -2.21. The van der Waals surface area contributed by atoms with Gasteiger partial charge >= 0.3 is 0 Å². The number of rotatable bonds is 5. The van der Waals surface area contributed by atoms with Gasteiger partial charge in [0.15, 0.2) is 0 Å². The van der Waals surface area contributed by atoms with Crippen LogP contribution in [0.2, 0.25) is 0 Å². The second kappa shape index (κ2) is 6.33. The van der Waals surface area contributed by atoms with E-state index in [1.807, 2.05) is 42.5 Å². The number of para-hydroxylation sites is 1. The number of hydrogen-bond acceptors (Lipinski definition) is 3. The van der Waals surface area contributed by atoms with Crippen LogP contribution in [0.15, 0.2) is 48.5 Å². The van der Waals surface area contributed by atoms with Crippen molar-refractivity contribution in [2.45, 2.75) is 12.8 Å². The molecule has 2 aromatic carbocycles. The van der Waals surface area contributed by atoms with E-state index in [9.17, 15) is 0 Å². The molecule has 20 heavy (non-hydrogen) atoms. The number of benzene rings is 2. The molecule has 0 aliphatic carbocycles. The molecule has 0 unspecified atom stereocenters. The molecule has 104 valence electrons. The summed E-state index contributed by atoms with van der Waals surface area (Å²) in [5.74, 6) is 1.86. The highest BCUT2D eigenvalue weighted by Gasteiger charge is 2.13. The first kappa shape index (κ1) is 12.9. The molecule has 1 N–H and O–H groups in total. The van der Waals surface area contributed by atoms with Crippen molar-refractivity contribution in [2.24, 2.45) is 0 Å². The molecule has 0 aromatic heterocycles. The third-order valence-electron chi connectivity index (χ3n) is 3.40. The Balaban J connectivity index is 1.54. The van der Waals surface area contributed by atoms with Gasteiger partial charge in [0.05, 0.1) is 0 Å². The number of anilines is 1. The van der Waals surface area contributed by atoms with Crippen LogP contribution in [0, 0.1) is 0 Å². The predicted octanol–water partition coefficient (Wildman–Crippen LogP) is 3.50. The molecular formula is C17H19NO2. The Morgan fingerprint density at radius 1 is 0.900 bits per heavy atom. The van der Waals surface area contributed by atoms with Crippen molar-refractivity contribution in [1.82, 2.24) is 0 Å². The van der Waals surface area contributed by atoms with Crippen LogP contribution >= 0.6 is 0 Å². The molecule has 3 rings (SSSR count). The highest BCUT2D eigenvalue weighted by atomic mass is 16.5. The summed E-state index contributed by atoms with van der Waals surface area (Å²) in [6.45, 7) is 2.17. The van der Waals surface area contributed by atoms with Gasteiger partial charge in [0.1, 0.15) is 24.7 Å². The van der Waals surface area contributed by atoms with Gasteiger partial charge in [-0.1, -0.05) is 24.3 Å². The molecule has 2 aromatic rings. The molecule has 3 nitrogen and oxygen atoms in total. The Morgan fingerprint density at radius 2 is 1.75 bits per heavy atom. The third kappa shape index (κ3) is 3.05. The smallest absolute Gasteiger partial charge is 0.124 e. The van der Waals surface area contributed by atoms with E-state index >= 15 is 0 Å². The largest absolute Gasteiger partial charge is 0.490 e. The summed E-state index contributed by atoms with van der Waals surface area (Å²) in [5.41, 5.74) is 2.50. The van der Waals surface area contributed by atoms with Crippen molar-refractivity contribution in [3.05, 3.63) is 54.1 Å². The minimum atomic E-state index is 0.557. The Hall–Kier alpha value is -2.16. The fourth-order valence-electron chi connectivity index (χ4n) is 2.44. The molecule has 1 aliphatic rings. The summed E-state index contributed by atoms with van der Waals surface area (Å²) in [5, 5.41) is 3.41. The van der Waals surface area contributed by atoms with Crippen molar-refractivity contribution in [3.8, 4) is 11.5 Å². The van der Waals surface area contributed by atoms with Crippen molar-refractivity contribution in [3.63, 3.8) is 0 Å². The van der Waals surface area contributed by atoms with E-state index in [1.165, 1.54) is 11.3 Å². The lowest BCUT2D eigenvalue weighted by molar-refractivity contribution is 0.216. The van der Waals surface area contributed by atoms with Crippen molar-refractivity contribution >= 4 is 5.69 Å². The zero-order valence-corrected chi connectivity index (χ0v) is 11.5. The average Bonchev–Trinajstić information content (AvgIpc) is 2.53. The number of ether oxygens (including phenoxy) is 2. The molecule has 3 heteroatoms. The van der Waals surface area contributed by atoms with E-state index in [0.717, 1.165) is 30.9 Å². The van der Waals surface area contributed by atoms with Gasteiger partial charge < -0.3 is 14.8 Å². The average molecular weight is 269 g/mol. The van der Waals surface area contributed by atoms with Gasteiger partial charge in [-0.3, -0.25) is 0 Å². The molecule has 0 bridgehead atoms. The molecule has 0 fully saturated rings. The van der Waals surface area contributed by atoms with Gasteiger partial charge in [0, 0.05) is 17.8 Å². The van der Waals surface area contributed by atoms with Crippen LogP contribution in [0.5, 0.6) is 11.5 Å². The molecule has 0 spiro atoms. The molecule has 0 radical (unpaired) electrons. The van der Waals surface area contributed by atoms with Crippen LogP contribution in [0.1, 0.15) is 12.0 Å². The summed E-state index contributed by atoms with van der Waals surface area (Å²) < 4.78 is 11.5. The second-order valence-corrected chi connectivity index (χ2v) is 4.82. The Bertz CT molecular complexity index is 554. The van der Waals surface area contributed by atoms with Gasteiger partial charge in [-0.2, -0.15) is 0 Å². The lowest BCUT2D eigenvalue weighted by Crippen LogP contribution is -2.15. The van der Waals surface area contributed by atoms with Crippen LogP contribution < -0.4 is 14.8 Å². The fraction of sp³-hybridized carbons (Fsp3) is 0.294. The molecule has 0 atom stereocenters. The van der Waals surface area contributed by atoms with Gasteiger partial charge in [0.25, 0.3) is 0 Å². The minimum Gasteiger partial charge on any atom is -0.490 e. The van der Waals surface area contributed by atoms with Crippen molar-refractivity contribution in [1.29, 1.82) is 0 Å². The van der Waals surface area contributed by atoms with Crippen molar-refractivity contribution in [2.75, 3.05) is 25.1 Å². The highest BCUT2D eigenvalue weighted by Crippen LogP contribution is 2.30. The first-order valence-corrected chi connectivity index (χ1v) is 7.10. The zero-order chi connectivity index (χ0) is 13.6. The van der Waals surface area contributed by atoms with Crippen LogP contribution in [0.25, 0.3) is 0 Å². The first-order valence-electron chi connectivity index (χ1n) is 7.10. The number of fused-ring (bicyclic) bond motifs is 1. The fourth-order valence-corrected chi connectivity index (χ4v) is 2.44. The Labute approximate surface area is 119 Å². The normalized spacial score (nSPS) is 13.2. The van der Waals surface area contributed by atoms with Crippen LogP contribution in [-0.2, 0) is 6.42 Å². The van der Waals surface area contributed by atoms with Crippen LogP contribution in [-0.4, -0.2) is 19.8 Å². The topological polar surface area (TPSA) is 30.5 Å². The van der Waals surface area contributed by atoms with Gasteiger partial charge in [-0.15, -0.1) is 0 Å². The lowest BCUT2D eigenvalue weighted by atomic mass is 10.0. The van der Waals surface area contributed by atoms with Gasteiger partial charge in [-0.25, -0.2) is 0 Å². The van der Waals surface area contributed by atoms with Gasteiger partial charge in [-0.05, 0) is 37.1 Å². The van der Waals surface area contributed by atoms with E-state index in [4.69, 9.17) is 9.47 Å². The summed E-state index contributed by atoms with van der Waals surface area (Å²) in [4.78, 5) is 0. The monoisotopic (exact) mass is 269 g/mol. The Kier molecular flexibility index (Phi) is 4.07. The van der Waals surface area contributed by atoms with E-state index in [-0.39, 0.29) is 0 Å². The van der Waals surface area contributed by atoms with E-state index in [1.54, 1.807) is 0 Å². The molecule has 0 amide bonds. The molecule has 1 heterocycles. The predicted molar refractivity (Wildman–Crippen MR) is 80.7 cm³/mol. The second-order valence-electron chi connectivity index (χ2n) is 4.82. The minimum absolute atomic E-state index is 0.557. The summed E-state index contributed by atoms with van der Waals surface area (Å²) in [6, 6.07) is 16.0. The quantitative estimate of drug-likeness (QED) is 0.843. The van der Waals surface area contributed by atoms with E-state index in [2.05, 4.69) is 11.4 Å². The SMILES string of the molecule is c1ccc(OCCOc2cccc3c2CCCN3)cc1. The third-order valence-corrected chi connectivity index (χ3v) is 3.40. The summed E-state index contributed by atoms with van der Waals surface area (Å²) in [7, 11) is 0. The zero-order valence-electron chi connectivity index (χ0n) is 11.5. The maximum absolute atomic E-state index is 5.86. The van der Waals surface area contributed by atoms with Gasteiger partial charge in [0.2, 0.25) is 0 Å². The maximum atomic E-state index is 5.86. The summed E-state index contributed by atoms with van der Waals surface area (Å²) >= 11 is 0. The maximum Gasteiger partial charge on any atom is 0.124 e.